The number of ether oxygens (including phenoxy) is 1. The van der Waals surface area contributed by atoms with Gasteiger partial charge in [0, 0.05) is 0 Å². The molecule has 0 spiro atoms. The standard InChI is InChI=1S/C13H12N2O4S/c1-9-3-5-10(6-4-9)20(17,18)12-8-14-11(7-15-12)13(16)19-2/h3-8H,1-2H3. The minimum atomic E-state index is -3.73. The molecule has 7 heteroatoms. The fourth-order valence-corrected chi connectivity index (χ4v) is 2.62. The largest absolute Gasteiger partial charge is 0.464 e. The van der Waals surface area contributed by atoms with Crippen LogP contribution in [0.3, 0.4) is 0 Å². The van der Waals surface area contributed by atoms with Crippen molar-refractivity contribution in [1.82, 2.24) is 9.97 Å². The normalized spacial score (nSPS) is 11.1. The van der Waals surface area contributed by atoms with Gasteiger partial charge in [-0.1, -0.05) is 17.7 Å². The van der Waals surface area contributed by atoms with E-state index in [0.29, 0.717) is 0 Å². The first kappa shape index (κ1) is 14.1. The van der Waals surface area contributed by atoms with Crippen molar-refractivity contribution in [3.05, 3.63) is 47.9 Å². The van der Waals surface area contributed by atoms with Crippen molar-refractivity contribution < 1.29 is 17.9 Å². The molecule has 6 nitrogen and oxygen atoms in total. The molecule has 104 valence electrons. The summed E-state index contributed by atoms with van der Waals surface area (Å²) < 4.78 is 29.0. The smallest absolute Gasteiger partial charge is 0.358 e. The lowest BCUT2D eigenvalue weighted by molar-refractivity contribution is 0.0593. The molecule has 0 aliphatic carbocycles. The second-order valence-corrected chi connectivity index (χ2v) is 5.94. The number of carbonyl (C=O) groups is 1. The number of nitrogens with zero attached hydrogens (tertiary/aromatic N) is 2. The molecule has 2 aromatic rings. The molecule has 0 atom stereocenters. The number of benzene rings is 1. The quantitative estimate of drug-likeness (QED) is 0.795. The second-order valence-electron chi connectivity index (χ2n) is 4.05. The highest BCUT2D eigenvalue weighted by atomic mass is 32.2. The number of sulfone groups is 1. The van der Waals surface area contributed by atoms with Gasteiger partial charge in [-0.2, -0.15) is 0 Å². The van der Waals surface area contributed by atoms with Crippen LogP contribution in [0.25, 0.3) is 0 Å². The third kappa shape index (κ3) is 2.67. The van der Waals surface area contributed by atoms with Gasteiger partial charge in [-0.15, -0.1) is 0 Å². The molecule has 0 aliphatic heterocycles. The van der Waals surface area contributed by atoms with E-state index in [1.165, 1.54) is 19.2 Å². The van der Waals surface area contributed by atoms with Crippen molar-refractivity contribution in [3.63, 3.8) is 0 Å². The SMILES string of the molecule is COC(=O)c1cnc(S(=O)(=O)c2ccc(C)cc2)cn1. The lowest BCUT2D eigenvalue weighted by atomic mass is 10.2. The maximum absolute atomic E-state index is 12.3. The number of rotatable bonds is 3. The first-order valence-electron chi connectivity index (χ1n) is 5.67. The molecule has 0 saturated carbocycles. The minimum Gasteiger partial charge on any atom is -0.464 e. The van der Waals surface area contributed by atoms with Gasteiger partial charge in [-0.25, -0.2) is 23.2 Å². The van der Waals surface area contributed by atoms with Crippen LogP contribution in [0.1, 0.15) is 16.1 Å². The first-order chi connectivity index (χ1) is 9.45. The Hall–Kier alpha value is -2.28. The Morgan fingerprint density at radius 2 is 1.75 bits per heavy atom. The molecule has 1 heterocycles. The molecule has 0 radical (unpaired) electrons. The van der Waals surface area contributed by atoms with Crippen LogP contribution in [-0.4, -0.2) is 31.5 Å². The van der Waals surface area contributed by atoms with Gasteiger partial charge in [0.05, 0.1) is 24.4 Å². The van der Waals surface area contributed by atoms with Gasteiger partial charge >= 0.3 is 5.97 Å². The summed E-state index contributed by atoms with van der Waals surface area (Å²) in [4.78, 5) is 18.8. The predicted molar refractivity (Wildman–Crippen MR) is 70.0 cm³/mol. The highest BCUT2D eigenvalue weighted by molar-refractivity contribution is 7.91. The highest BCUT2D eigenvalue weighted by Crippen LogP contribution is 2.18. The zero-order valence-electron chi connectivity index (χ0n) is 10.9. The predicted octanol–water partition coefficient (Wildman–Crippen LogP) is 1.40. The maximum atomic E-state index is 12.3. The van der Waals surface area contributed by atoms with Gasteiger partial charge < -0.3 is 4.74 Å². The Bertz CT molecular complexity index is 722. The Labute approximate surface area is 116 Å². The van der Waals surface area contributed by atoms with E-state index in [4.69, 9.17) is 0 Å². The van der Waals surface area contributed by atoms with Gasteiger partial charge in [0.15, 0.2) is 10.7 Å². The van der Waals surface area contributed by atoms with Crippen LogP contribution >= 0.6 is 0 Å². The minimum absolute atomic E-state index is 0.0460. The Morgan fingerprint density at radius 1 is 1.10 bits per heavy atom. The van der Waals surface area contributed by atoms with Gasteiger partial charge in [0.1, 0.15) is 0 Å². The van der Waals surface area contributed by atoms with Crippen molar-refractivity contribution >= 4 is 15.8 Å². The number of aryl methyl sites for hydroxylation is 1. The van der Waals surface area contributed by atoms with Gasteiger partial charge in [0.2, 0.25) is 9.84 Å². The molecular formula is C13H12N2O4S. The molecule has 0 N–H and O–H groups in total. The summed E-state index contributed by atoms with van der Waals surface area (Å²) in [6, 6.07) is 6.40. The lowest BCUT2D eigenvalue weighted by Crippen LogP contribution is -2.09. The molecule has 1 aromatic heterocycles. The molecular weight excluding hydrogens is 280 g/mol. The van der Waals surface area contributed by atoms with Gasteiger partial charge in [-0.05, 0) is 19.1 Å². The number of aromatic nitrogens is 2. The number of methoxy groups -OCH3 is 1. The third-order valence-electron chi connectivity index (χ3n) is 2.63. The number of carbonyl (C=O) groups excluding carboxylic acids is 1. The molecule has 0 amide bonds. The fourth-order valence-electron chi connectivity index (χ4n) is 1.50. The Morgan fingerprint density at radius 3 is 2.25 bits per heavy atom. The summed E-state index contributed by atoms with van der Waals surface area (Å²) in [5.41, 5.74) is 0.909. The second kappa shape index (κ2) is 5.38. The highest BCUT2D eigenvalue weighted by Gasteiger charge is 2.20. The van der Waals surface area contributed by atoms with Crippen molar-refractivity contribution in [1.29, 1.82) is 0 Å². The van der Waals surface area contributed by atoms with E-state index < -0.39 is 15.8 Å². The monoisotopic (exact) mass is 292 g/mol. The van der Waals surface area contributed by atoms with Crippen LogP contribution in [0.2, 0.25) is 0 Å². The summed E-state index contributed by atoms with van der Waals surface area (Å²) in [6.07, 6.45) is 2.12. The van der Waals surface area contributed by atoms with Gasteiger partial charge in [0.25, 0.3) is 0 Å². The lowest BCUT2D eigenvalue weighted by Gasteiger charge is -2.04. The van der Waals surface area contributed by atoms with E-state index in [9.17, 15) is 13.2 Å². The van der Waals surface area contributed by atoms with Crippen molar-refractivity contribution in [2.24, 2.45) is 0 Å². The van der Waals surface area contributed by atoms with E-state index in [1.807, 2.05) is 6.92 Å². The maximum Gasteiger partial charge on any atom is 0.358 e. The average molecular weight is 292 g/mol. The molecule has 0 fully saturated rings. The summed E-state index contributed by atoms with van der Waals surface area (Å²) in [5.74, 6) is -0.670. The van der Waals surface area contributed by atoms with Crippen molar-refractivity contribution in [3.8, 4) is 0 Å². The zero-order valence-corrected chi connectivity index (χ0v) is 11.7. The number of hydrogen-bond donors (Lipinski definition) is 0. The summed E-state index contributed by atoms with van der Waals surface area (Å²) >= 11 is 0. The van der Waals surface area contributed by atoms with Gasteiger partial charge in [-0.3, -0.25) is 0 Å². The van der Waals surface area contributed by atoms with Crippen LogP contribution in [0, 0.1) is 6.92 Å². The zero-order chi connectivity index (χ0) is 14.8. The van der Waals surface area contributed by atoms with Crippen LogP contribution < -0.4 is 0 Å². The van der Waals surface area contributed by atoms with E-state index in [2.05, 4.69) is 14.7 Å². The topological polar surface area (TPSA) is 86.2 Å². The van der Waals surface area contributed by atoms with E-state index in [1.54, 1.807) is 12.1 Å². The van der Waals surface area contributed by atoms with Crippen molar-refractivity contribution in [2.75, 3.05) is 7.11 Å². The number of esters is 1. The first-order valence-corrected chi connectivity index (χ1v) is 7.15. The summed E-state index contributed by atoms with van der Waals surface area (Å²) in [5, 5.41) is -0.214. The number of hydrogen-bond acceptors (Lipinski definition) is 6. The fraction of sp³-hybridized carbons (Fsp3) is 0.154. The van der Waals surface area contributed by atoms with Crippen LogP contribution in [0.15, 0.2) is 46.6 Å². The van der Waals surface area contributed by atoms with Crippen LogP contribution in [0.4, 0.5) is 0 Å². The average Bonchev–Trinajstić information content (AvgIpc) is 2.47. The molecule has 20 heavy (non-hydrogen) atoms. The van der Waals surface area contributed by atoms with E-state index in [0.717, 1.165) is 18.0 Å². The van der Waals surface area contributed by atoms with Crippen LogP contribution in [0.5, 0.6) is 0 Å². The molecule has 0 unspecified atom stereocenters. The summed E-state index contributed by atoms with van der Waals surface area (Å²) in [6.45, 7) is 1.86. The third-order valence-corrected chi connectivity index (χ3v) is 4.28. The van der Waals surface area contributed by atoms with E-state index >= 15 is 0 Å². The Kier molecular flexibility index (Phi) is 3.80. The molecule has 0 aliphatic rings. The molecule has 2 rings (SSSR count). The Balaban J connectivity index is 2.40. The van der Waals surface area contributed by atoms with Crippen LogP contribution in [-0.2, 0) is 14.6 Å². The van der Waals surface area contributed by atoms with E-state index in [-0.39, 0.29) is 15.6 Å². The van der Waals surface area contributed by atoms with Crippen molar-refractivity contribution in [2.45, 2.75) is 16.8 Å². The molecule has 0 saturated heterocycles. The molecule has 1 aromatic carbocycles. The summed E-state index contributed by atoms with van der Waals surface area (Å²) in [7, 11) is -2.52. The molecule has 0 bridgehead atoms.